The molecule has 1 aromatic carbocycles. The molecule has 0 radical (unpaired) electrons. The Morgan fingerprint density at radius 1 is 1.33 bits per heavy atom. The Balaban J connectivity index is 1.93. The maximum absolute atomic E-state index is 11.3. The number of anilines is 1. The molecule has 7 nitrogen and oxygen atoms in total. The highest BCUT2D eigenvalue weighted by atomic mass is 16.5. The number of pyridine rings is 1. The standard InChI is InChI=1S/C14H12N4O3/c1-8-16-13(21-18-8)7-15-12-6-10(14(19)20)9-4-2-3-5-11(9)17-12/h2-6H,7H2,1H3,(H,15,17)(H,19,20). The van der Waals surface area contributed by atoms with Gasteiger partial charge in [-0.25, -0.2) is 9.78 Å². The van der Waals surface area contributed by atoms with Crippen molar-refractivity contribution in [2.75, 3.05) is 5.32 Å². The van der Waals surface area contributed by atoms with Crippen LogP contribution < -0.4 is 5.32 Å². The van der Waals surface area contributed by atoms with E-state index in [2.05, 4.69) is 20.4 Å². The van der Waals surface area contributed by atoms with Crippen LogP contribution in [0.5, 0.6) is 0 Å². The van der Waals surface area contributed by atoms with Crippen molar-refractivity contribution in [2.24, 2.45) is 0 Å². The largest absolute Gasteiger partial charge is 0.478 e. The van der Waals surface area contributed by atoms with E-state index >= 15 is 0 Å². The van der Waals surface area contributed by atoms with E-state index in [0.29, 0.717) is 28.4 Å². The second-order valence-corrected chi connectivity index (χ2v) is 4.47. The molecule has 0 atom stereocenters. The Labute approximate surface area is 119 Å². The number of nitrogens with zero attached hydrogens (tertiary/aromatic N) is 3. The summed E-state index contributed by atoms with van der Waals surface area (Å²) in [6, 6.07) is 8.59. The summed E-state index contributed by atoms with van der Waals surface area (Å²) in [7, 11) is 0. The SMILES string of the molecule is Cc1noc(CNc2cc(C(=O)O)c3ccccc3n2)n1. The van der Waals surface area contributed by atoms with Crippen LogP contribution in [0, 0.1) is 6.92 Å². The quantitative estimate of drug-likeness (QED) is 0.757. The molecule has 21 heavy (non-hydrogen) atoms. The first kappa shape index (κ1) is 13.0. The highest BCUT2D eigenvalue weighted by Gasteiger charge is 2.12. The first-order chi connectivity index (χ1) is 10.1. The molecule has 0 saturated heterocycles. The third-order valence-corrected chi connectivity index (χ3v) is 2.94. The lowest BCUT2D eigenvalue weighted by Gasteiger charge is -2.07. The fraction of sp³-hybridized carbons (Fsp3) is 0.143. The maximum atomic E-state index is 11.3. The molecule has 2 heterocycles. The lowest BCUT2D eigenvalue weighted by Crippen LogP contribution is -2.05. The number of carboxylic acid groups (broad SMARTS) is 1. The van der Waals surface area contributed by atoms with Crippen LogP contribution in [0.25, 0.3) is 10.9 Å². The van der Waals surface area contributed by atoms with E-state index in [9.17, 15) is 9.90 Å². The van der Waals surface area contributed by atoms with E-state index in [-0.39, 0.29) is 12.1 Å². The number of fused-ring (bicyclic) bond motifs is 1. The van der Waals surface area contributed by atoms with Gasteiger partial charge in [0.2, 0.25) is 5.89 Å². The van der Waals surface area contributed by atoms with Gasteiger partial charge in [-0.05, 0) is 19.1 Å². The number of rotatable bonds is 4. The average Bonchev–Trinajstić information content (AvgIpc) is 2.89. The van der Waals surface area contributed by atoms with Gasteiger partial charge in [0.15, 0.2) is 5.82 Å². The molecule has 0 spiro atoms. The summed E-state index contributed by atoms with van der Waals surface area (Å²) in [6.07, 6.45) is 0. The molecule has 106 valence electrons. The van der Waals surface area contributed by atoms with Crippen molar-refractivity contribution >= 4 is 22.7 Å². The van der Waals surface area contributed by atoms with Gasteiger partial charge in [0.25, 0.3) is 0 Å². The number of carboxylic acids is 1. The van der Waals surface area contributed by atoms with Gasteiger partial charge in [-0.15, -0.1) is 0 Å². The summed E-state index contributed by atoms with van der Waals surface area (Å²) in [6.45, 7) is 2.01. The number of aromatic nitrogens is 3. The third-order valence-electron chi connectivity index (χ3n) is 2.94. The summed E-state index contributed by atoms with van der Waals surface area (Å²) >= 11 is 0. The molecule has 7 heteroatoms. The van der Waals surface area contributed by atoms with E-state index in [0.717, 1.165) is 0 Å². The van der Waals surface area contributed by atoms with Crippen LogP contribution in [0.3, 0.4) is 0 Å². The van der Waals surface area contributed by atoms with Gasteiger partial charge >= 0.3 is 5.97 Å². The molecule has 0 aliphatic carbocycles. The van der Waals surface area contributed by atoms with Crippen LogP contribution in [0.15, 0.2) is 34.9 Å². The number of benzene rings is 1. The van der Waals surface area contributed by atoms with Crippen molar-refractivity contribution in [3.05, 3.63) is 47.6 Å². The summed E-state index contributed by atoms with van der Waals surface area (Å²) in [5.41, 5.74) is 0.811. The Bertz CT molecular complexity index is 813. The Kier molecular flexibility index (Phi) is 3.23. The van der Waals surface area contributed by atoms with Crippen molar-refractivity contribution in [3.63, 3.8) is 0 Å². The van der Waals surface area contributed by atoms with E-state index in [1.807, 2.05) is 6.07 Å². The van der Waals surface area contributed by atoms with E-state index in [1.54, 1.807) is 25.1 Å². The van der Waals surface area contributed by atoms with Gasteiger partial charge in [0.05, 0.1) is 17.6 Å². The Hall–Kier alpha value is -2.96. The number of carbonyl (C=O) groups is 1. The van der Waals surface area contributed by atoms with E-state index in [1.165, 1.54) is 6.07 Å². The van der Waals surface area contributed by atoms with Crippen LogP contribution >= 0.6 is 0 Å². The fourth-order valence-corrected chi connectivity index (χ4v) is 2.02. The molecule has 0 aliphatic rings. The second-order valence-electron chi connectivity index (χ2n) is 4.47. The zero-order valence-electron chi connectivity index (χ0n) is 11.2. The second kappa shape index (κ2) is 5.20. The molecule has 3 rings (SSSR count). The monoisotopic (exact) mass is 284 g/mol. The summed E-state index contributed by atoms with van der Waals surface area (Å²) in [4.78, 5) is 19.8. The van der Waals surface area contributed by atoms with Crippen molar-refractivity contribution in [2.45, 2.75) is 13.5 Å². The van der Waals surface area contributed by atoms with Crippen molar-refractivity contribution in [3.8, 4) is 0 Å². The highest BCUT2D eigenvalue weighted by molar-refractivity contribution is 6.03. The van der Waals surface area contributed by atoms with Crippen molar-refractivity contribution in [1.29, 1.82) is 0 Å². The zero-order valence-corrected chi connectivity index (χ0v) is 11.2. The number of para-hydroxylation sites is 1. The van der Waals surface area contributed by atoms with Gasteiger partial charge in [0, 0.05) is 5.39 Å². The van der Waals surface area contributed by atoms with Gasteiger partial charge in [0.1, 0.15) is 5.82 Å². The lowest BCUT2D eigenvalue weighted by molar-refractivity contribution is 0.0699. The number of nitrogens with one attached hydrogen (secondary N) is 1. The Morgan fingerprint density at radius 2 is 2.14 bits per heavy atom. The molecular formula is C14H12N4O3. The number of hydrogen-bond donors (Lipinski definition) is 2. The summed E-state index contributed by atoms with van der Waals surface area (Å²) in [5.74, 6) is 0.413. The third kappa shape index (κ3) is 2.66. The zero-order chi connectivity index (χ0) is 14.8. The van der Waals surface area contributed by atoms with Crippen molar-refractivity contribution in [1.82, 2.24) is 15.1 Å². The van der Waals surface area contributed by atoms with Gasteiger partial charge in [-0.1, -0.05) is 23.4 Å². The van der Waals surface area contributed by atoms with E-state index < -0.39 is 5.97 Å². The minimum Gasteiger partial charge on any atom is -0.478 e. The topological polar surface area (TPSA) is 101 Å². The number of aromatic carboxylic acids is 1. The molecule has 0 aliphatic heterocycles. The van der Waals surface area contributed by atoms with Crippen LogP contribution in [-0.2, 0) is 6.54 Å². The number of aryl methyl sites for hydroxylation is 1. The molecule has 0 amide bonds. The Morgan fingerprint density at radius 3 is 2.86 bits per heavy atom. The molecular weight excluding hydrogens is 272 g/mol. The molecule has 3 aromatic rings. The maximum Gasteiger partial charge on any atom is 0.336 e. The molecule has 0 unspecified atom stereocenters. The van der Waals surface area contributed by atoms with Crippen LogP contribution in [0.1, 0.15) is 22.1 Å². The highest BCUT2D eigenvalue weighted by Crippen LogP contribution is 2.21. The molecule has 0 fully saturated rings. The molecule has 0 bridgehead atoms. The first-order valence-corrected chi connectivity index (χ1v) is 6.29. The normalized spacial score (nSPS) is 10.7. The lowest BCUT2D eigenvalue weighted by atomic mass is 10.1. The fourth-order valence-electron chi connectivity index (χ4n) is 2.02. The first-order valence-electron chi connectivity index (χ1n) is 6.29. The van der Waals surface area contributed by atoms with Crippen LogP contribution in [-0.4, -0.2) is 26.2 Å². The average molecular weight is 284 g/mol. The molecule has 2 N–H and O–H groups in total. The van der Waals surface area contributed by atoms with Crippen molar-refractivity contribution < 1.29 is 14.4 Å². The number of hydrogen-bond acceptors (Lipinski definition) is 6. The van der Waals surface area contributed by atoms with Gasteiger partial charge in [-0.2, -0.15) is 4.98 Å². The minimum atomic E-state index is -0.995. The van der Waals surface area contributed by atoms with Crippen LogP contribution in [0.4, 0.5) is 5.82 Å². The summed E-state index contributed by atoms with van der Waals surface area (Å²) < 4.78 is 4.98. The minimum absolute atomic E-state index is 0.199. The molecule has 0 saturated carbocycles. The van der Waals surface area contributed by atoms with Gasteiger partial charge < -0.3 is 14.9 Å². The van der Waals surface area contributed by atoms with Gasteiger partial charge in [-0.3, -0.25) is 0 Å². The van der Waals surface area contributed by atoms with E-state index in [4.69, 9.17) is 4.52 Å². The summed E-state index contributed by atoms with van der Waals surface area (Å²) in [5, 5.41) is 16.6. The predicted molar refractivity (Wildman–Crippen MR) is 75.1 cm³/mol. The molecule has 2 aromatic heterocycles. The smallest absolute Gasteiger partial charge is 0.336 e. The predicted octanol–water partition coefficient (Wildman–Crippen LogP) is 2.24. The van der Waals surface area contributed by atoms with Crippen LogP contribution in [0.2, 0.25) is 0 Å².